The van der Waals surface area contributed by atoms with Crippen LogP contribution in [0.15, 0.2) is 24.3 Å². The summed E-state index contributed by atoms with van der Waals surface area (Å²) < 4.78 is 0. The maximum Gasteiger partial charge on any atom is 0.303 e. The van der Waals surface area contributed by atoms with Crippen LogP contribution in [0.1, 0.15) is 49.5 Å². The lowest BCUT2D eigenvalue weighted by atomic mass is 9.87. The predicted octanol–water partition coefficient (Wildman–Crippen LogP) is 2.15. The molecule has 0 aliphatic heterocycles. The molecule has 1 aromatic carbocycles. The van der Waals surface area contributed by atoms with Crippen molar-refractivity contribution in [3.05, 3.63) is 35.4 Å². The van der Waals surface area contributed by atoms with Gasteiger partial charge in [0.05, 0.1) is 13.0 Å². The number of hydrogen-bond acceptors (Lipinski definition) is 3. The Morgan fingerprint density at radius 2 is 1.62 bits per heavy atom. The minimum absolute atomic E-state index is 0.0157. The number of hydrogen-bond donors (Lipinski definition) is 2. The van der Waals surface area contributed by atoms with Gasteiger partial charge in [0, 0.05) is 12.0 Å². The van der Waals surface area contributed by atoms with Crippen molar-refractivity contribution >= 4 is 17.7 Å². The third-order valence-corrected chi connectivity index (χ3v) is 3.08. The Balaban J connectivity index is 2.53. The average Bonchev–Trinajstić information content (AvgIpc) is 2.41. The molecule has 0 aliphatic rings. The summed E-state index contributed by atoms with van der Waals surface area (Å²) in [6.45, 7) is 6.11. The summed E-state index contributed by atoms with van der Waals surface area (Å²) in [5.41, 5.74) is 1.62. The van der Waals surface area contributed by atoms with E-state index < -0.39 is 5.97 Å². The highest BCUT2D eigenvalue weighted by Gasteiger charge is 2.14. The first-order valence-electron chi connectivity index (χ1n) is 6.82. The lowest BCUT2D eigenvalue weighted by molar-refractivity contribution is -0.138. The standard InChI is InChI=1S/C16H21NO4/c1-16(2,3)12-6-4-11(5-7-12)15(21)17-10-13(18)8-9-14(19)20/h4-7H,8-10H2,1-3H3,(H,17,21)(H,19,20). The zero-order chi connectivity index (χ0) is 16.0. The number of aliphatic carboxylic acids is 1. The molecule has 0 saturated carbocycles. The molecule has 0 unspecified atom stereocenters. The van der Waals surface area contributed by atoms with Crippen LogP contribution in [-0.2, 0) is 15.0 Å². The molecular weight excluding hydrogens is 270 g/mol. The molecule has 0 aromatic heterocycles. The van der Waals surface area contributed by atoms with E-state index in [0.29, 0.717) is 5.56 Å². The molecule has 0 fully saturated rings. The molecular formula is C16H21NO4. The van der Waals surface area contributed by atoms with Crippen LogP contribution in [0.3, 0.4) is 0 Å². The van der Waals surface area contributed by atoms with E-state index in [9.17, 15) is 14.4 Å². The highest BCUT2D eigenvalue weighted by atomic mass is 16.4. The van der Waals surface area contributed by atoms with Crippen LogP contribution in [0.5, 0.6) is 0 Å². The van der Waals surface area contributed by atoms with Crippen molar-refractivity contribution in [2.75, 3.05) is 6.54 Å². The number of carboxylic acids is 1. The molecule has 0 spiro atoms. The Kier molecular flexibility index (Phi) is 5.64. The van der Waals surface area contributed by atoms with Crippen molar-refractivity contribution in [1.82, 2.24) is 5.32 Å². The smallest absolute Gasteiger partial charge is 0.303 e. The Morgan fingerprint density at radius 3 is 2.10 bits per heavy atom. The highest BCUT2D eigenvalue weighted by Crippen LogP contribution is 2.22. The molecule has 0 saturated heterocycles. The van der Waals surface area contributed by atoms with Gasteiger partial charge in [-0.1, -0.05) is 32.9 Å². The lowest BCUT2D eigenvalue weighted by Crippen LogP contribution is -2.29. The summed E-state index contributed by atoms with van der Waals surface area (Å²) in [5, 5.41) is 11.0. The van der Waals surface area contributed by atoms with Crippen molar-refractivity contribution in [1.29, 1.82) is 0 Å². The Morgan fingerprint density at radius 1 is 1.05 bits per heavy atom. The summed E-state index contributed by atoms with van der Waals surface area (Å²) in [5.74, 6) is -1.65. The summed E-state index contributed by atoms with van der Waals surface area (Å²) in [7, 11) is 0. The number of ketones is 1. The van der Waals surface area contributed by atoms with Crippen molar-refractivity contribution in [3.63, 3.8) is 0 Å². The molecule has 0 radical (unpaired) electrons. The van der Waals surface area contributed by atoms with Gasteiger partial charge in [0.2, 0.25) is 0 Å². The molecule has 21 heavy (non-hydrogen) atoms. The monoisotopic (exact) mass is 291 g/mol. The quantitative estimate of drug-likeness (QED) is 0.841. The van der Waals surface area contributed by atoms with E-state index in [1.807, 2.05) is 12.1 Å². The zero-order valence-electron chi connectivity index (χ0n) is 12.6. The van der Waals surface area contributed by atoms with E-state index in [4.69, 9.17) is 5.11 Å². The van der Waals surface area contributed by atoms with Crippen LogP contribution in [0.2, 0.25) is 0 Å². The molecule has 2 N–H and O–H groups in total. The zero-order valence-corrected chi connectivity index (χ0v) is 12.6. The molecule has 114 valence electrons. The minimum atomic E-state index is -1.02. The molecule has 0 heterocycles. The third-order valence-electron chi connectivity index (χ3n) is 3.08. The van der Waals surface area contributed by atoms with Crippen LogP contribution in [0, 0.1) is 0 Å². The van der Waals surface area contributed by atoms with Gasteiger partial charge in [-0.2, -0.15) is 0 Å². The Hall–Kier alpha value is -2.17. The normalized spacial score (nSPS) is 11.0. The van der Waals surface area contributed by atoms with Crippen molar-refractivity contribution < 1.29 is 19.5 Å². The first-order valence-corrected chi connectivity index (χ1v) is 6.82. The summed E-state index contributed by atoms with van der Waals surface area (Å²) in [4.78, 5) is 33.6. The summed E-state index contributed by atoms with van der Waals surface area (Å²) in [6, 6.07) is 7.22. The van der Waals surface area contributed by atoms with Crippen LogP contribution < -0.4 is 5.32 Å². The van der Waals surface area contributed by atoms with E-state index >= 15 is 0 Å². The first-order chi connectivity index (χ1) is 9.70. The third kappa shape index (κ3) is 5.77. The van der Waals surface area contributed by atoms with E-state index in [-0.39, 0.29) is 36.5 Å². The average molecular weight is 291 g/mol. The molecule has 5 nitrogen and oxygen atoms in total. The fourth-order valence-electron chi connectivity index (χ4n) is 1.74. The molecule has 1 amide bonds. The molecule has 0 bridgehead atoms. The minimum Gasteiger partial charge on any atom is -0.481 e. The van der Waals surface area contributed by atoms with Crippen LogP contribution in [0.4, 0.5) is 0 Å². The summed E-state index contributed by atoms with van der Waals surface area (Å²) in [6.07, 6.45) is -0.284. The predicted molar refractivity (Wildman–Crippen MR) is 79.4 cm³/mol. The van der Waals surface area contributed by atoms with Gasteiger partial charge in [0.1, 0.15) is 0 Å². The van der Waals surface area contributed by atoms with Gasteiger partial charge in [-0.3, -0.25) is 14.4 Å². The van der Waals surface area contributed by atoms with E-state index in [1.165, 1.54) is 0 Å². The second-order valence-electron chi connectivity index (χ2n) is 5.94. The van der Waals surface area contributed by atoms with Crippen LogP contribution in [0.25, 0.3) is 0 Å². The largest absolute Gasteiger partial charge is 0.481 e. The van der Waals surface area contributed by atoms with Crippen molar-refractivity contribution in [2.24, 2.45) is 0 Å². The van der Waals surface area contributed by atoms with E-state index in [1.54, 1.807) is 12.1 Å². The number of Topliss-reactive ketones (excluding diaryl/α,β-unsaturated/α-hetero) is 1. The molecule has 0 atom stereocenters. The van der Waals surface area contributed by atoms with Gasteiger partial charge in [-0.15, -0.1) is 0 Å². The number of amides is 1. The Labute approximate surface area is 124 Å². The highest BCUT2D eigenvalue weighted by molar-refractivity contribution is 5.97. The second kappa shape index (κ2) is 7.02. The molecule has 1 aromatic rings. The molecule has 1 rings (SSSR count). The second-order valence-corrected chi connectivity index (χ2v) is 5.94. The maximum atomic E-state index is 11.9. The van der Waals surface area contributed by atoms with Gasteiger partial charge in [-0.05, 0) is 23.1 Å². The number of benzene rings is 1. The van der Waals surface area contributed by atoms with Crippen LogP contribution in [-0.4, -0.2) is 29.3 Å². The van der Waals surface area contributed by atoms with Gasteiger partial charge < -0.3 is 10.4 Å². The fraction of sp³-hybridized carbons (Fsp3) is 0.438. The molecule has 0 aliphatic carbocycles. The van der Waals surface area contributed by atoms with Crippen molar-refractivity contribution in [3.8, 4) is 0 Å². The number of carboxylic acid groups (broad SMARTS) is 1. The van der Waals surface area contributed by atoms with E-state index in [2.05, 4.69) is 26.1 Å². The SMILES string of the molecule is CC(C)(C)c1ccc(C(=O)NCC(=O)CCC(=O)O)cc1. The summed E-state index contributed by atoms with van der Waals surface area (Å²) >= 11 is 0. The van der Waals surface area contributed by atoms with Gasteiger partial charge in [0.25, 0.3) is 5.91 Å². The van der Waals surface area contributed by atoms with Gasteiger partial charge in [0.15, 0.2) is 5.78 Å². The Bertz CT molecular complexity index is 526. The van der Waals surface area contributed by atoms with Gasteiger partial charge >= 0.3 is 5.97 Å². The maximum absolute atomic E-state index is 11.9. The fourth-order valence-corrected chi connectivity index (χ4v) is 1.74. The van der Waals surface area contributed by atoms with E-state index in [0.717, 1.165) is 5.56 Å². The molecule has 5 heteroatoms. The number of carbonyl (C=O) groups excluding carboxylic acids is 2. The van der Waals surface area contributed by atoms with Gasteiger partial charge in [-0.25, -0.2) is 0 Å². The van der Waals surface area contributed by atoms with Crippen molar-refractivity contribution in [2.45, 2.75) is 39.0 Å². The lowest BCUT2D eigenvalue weighted by Gasteiger charge is -2.19. The number of rotatable bonds is 6. The first kappa shape index (κ1) is 16.9. The van der Waals surface area contributed by atoms with Crippen LogP contribution >= 0.6 is 0 Å². The topological polar surface area (TPSA) is 83.5 Å². The number of carbonyl (C=O) groups is 3. The number of nitrogens with one attached hydrogen (secondary N) is 1.